The minimum absolute atomic E-state index is 0.415. The third kappa shape index (κ3) is 3.72. The molecule has 2 fully saturated rings. The minimum atomic E-state index is -0.419. The van der Waals surface area contributed by atoms with Gasteiger partial charge in [0.2, 0.25) is 0 Å². The standard InChI is InChI=1S/C17H33NO/c1-3-17(19,16-10-6-4-7-11-16)15(2)14-18-12-8-5-9-13-18/h15-16,19H,3-14H2,1-2H3. The molecule has 1 saturated heterocycles. The first kappa shape index (κ1) is 15.3. The van der Waals surface area contributed by atoms with Gasteiger partial charge < -0.3 is 10.0 Å². The molecule has 0 amide bonds. The molecule has 2 rings (SSSR count). The van der Waals surface area contributed by atoms with E-state index in [0.717, 1.165) is 13.0 Å². The molecule has 19 heavy (non-hydrogen) atoms. The monoisotopic (exact) mass is 267 g/mol. The van der Waals surface area contributed by atoms with Crippen molar-refractivity contribution in [1.29, 1.82) is 0 Å². The number of piperidine rings is 1. The maximum atomic E-state index is 11.2. The summed E-state index contributed by atoms with van der Waals surface area (Å²) in [5.74, 6) is 0.963. The second-order valence-electron chi connectivity index (χ2n) is 6.94. The fourth-order valence-corrected chi connectivity index (χ4v) is 4.33. The van der Waals surface area contributed by atoms with Gasteiger partial charge in [-0.15, -0.1) is 0 Å². The Morgan fingerprint density at radius 2 is 1.63 bits per heavy atom. The molecule has 0 spiro atoms. The van der Waals surface area contributed by atoms with Crippen molar-refractivity contribution in [3.8, 4) is 0 Å². The first-order valence-electron chi connectivity index (χ1n) is 8.61. The second kappa shape index (κ2) is 7.08. The summed E-state index contributed by atoms with van der Waals surface area (Å²) in [7, 11) is 0. The van der Waals surface area contributed by atoms with E-state index >= 15 is 0 Å². The summed E-state index contributed by atoms with van der Waals surface area (Å²) < 4.78 is 0. The molecule has 0 aromatic heterocycles. The summed E-state index contributed by atoms with van der Waals surface area (Å²) in [5, 5.41) is 11.2. The van der Waals surface area contributed by atoms with E-state index in [1.54, 1.807) is 0 Å². The fraction of sp³-hybridized carbons (Fsp3) is 1.00. The van der Waals surface area contributed by atoms with Crippen LogP contribution in [-0.4, -0.2) is 35.2 Å². The number of likely N-dealkylation sites (tertiary alicyclic amines) is 1. The molecule has 2 nitrogen and oxygen atoms in total. The van der Waals surface area contributed by atoms with E-state index in [0.29, 0.717) is 11.8 Å². The van der Waals surface area contributed by atoms with Crippen LogP contribution in [-0.2, 0) is 0 Å². The molecule has 1 aliphatic carbocycles. The van der Waals surface area contributed by atoms with E-state index in [4.69, 9.17) is 0 Å². The lowest BCUT2D eigenvalue weighted by molar-refractivity contribution is -0.0874. The normalized spacial score (nSPS) is 27.9. The number of nitrogens with zero attached hydrogens (tertiary/aromatic N) is 1. The fourth-order valence-electron chi connectivity index (χ4n) is 4.33. The van der Waals surface area contributed by atoms with Crippen molar-refractivity contribution in [2.45, 2.75) is 77.2 Å². The van der Waals surface area contributed by atoms with Gasteiger partial charge in [0, 0.05) is 6.54 Å². The van der Waals surface area contributed by atoms with Crippen molar-refractivity contribution in [2.75, 3.05) is 19.6 Å². The van der Waals surface area contributed by atoms with Gasteiger partial charge in [-0.25, -0.2) is 0 Å². The Balaban J connectivity index is 1.93. The van der Waals surface area contributed by atoms with Crippen molar-refractivity contribution < 1.29 is 5.11 Å². The highest BCUT2D eigenvalue weighted by atomic mass is 16.3. The van der Waals surface area contributed by atoms with Crippen molar-refractivity contribution >= 4 is 0 Å². The molecule has 0 bridgehead atoms. The number of aliphatic hydroxyl groups is 1. The lowest BCUT2D eigenvalue weighted by Crippen LogP contribution is -2.49. The zero-order valence-electron chi connectivity index (χ0n) is 13.0. The smallest absolute Gasteiger partial charge is 0.0710 e. The summed E-state index contributed by atoms with van der Waals surface area (Å²) in [6.45, 7) is 8.05. The van der Waals surface area contributed by atoms with E-state index in [1.165, 1.54) is 64.5 Å². The average molecular weight is 267 g/mol. The lowest BCUT2D eigenvalue weighted by Gasteiger charge is -2.44. The maximum absolute atomic E-state index is 11.2. The van der Waals surface area contributed by atoms with Crippen LogP contribution in [0.4, 0.5) is 0 Å². The molecule has 0 aromatic rings. The predicted molar refractivity (Wildman–Crippen MR) is 81.3 cm³/mol. The zero-order valence-corrected chi connectivity index (χ0v) is 13.0. The first-order valence-corrected chi connectivity index (χ1v) is 8.61. The Labute approximate surface area is 119 Å². The van der Waals surface area contributed by atoms with E-state index in [-0.39, 0.29) is 0 Å². The Morgan fingerprint density at radius 1 is 1.05 bits per heavy atom. The Kier molecular flexibility index (Phi) is 5.70. The van der Waals surface area contributed by atoms with Crippen LogP contribution in [0.1, 0.15) is 71.6 Å². The Morgan fingerprint density at radius 3 is 2.21 bits per heavy atom. The molecule has 112 valence electrons. The van der Waals surface area contributed by atoms with Crippen LogP contribution in [0.15, 0.2) is 0 Å². The molecule has 1 aliphatic heterocycles. The Bertz CT molecular complexity index is 256. The lowest BCUT2D eigenvalue weighted by atomic mass is 9.69. The Hall–Kier alpha value is -0.0800. The highest BCUT2D eigenvalue weighted by Crippen LogP contribution is 2.39. The van der Waals surface area contributed by atoms with E-state index < -0.39 is 5.60 Å². The molecule has 1 heterocycles. The van der Waals surface area contributed by atoms with Gasteiger partial charge in [-0.3, -0.25) is 0 Å². The maximum Gasteiger partial charge on any atom is 0.0710 e. The van der Waals surface area contributed by atoms with E-state index in [2.05, 4.69) is 18.7 Å². The van der Waals surface area contributed by atoms with Crippen LogP contribution in [0.5, 0.6) is 0 Å². The molecular weight excluding hydrogens is 234 g/mol. The summed E-state index contributed by atoms with van der Waals surface area (Å²) in [4.78, 5) is 2.58. The van der Waals surface area contributed by atoms with Gasteiger partial charge in [-0.05, 0) is 57.0 Å². The highest BCUT2D eigenvalue weighted by molar-refractivity contribution is 4.92. The van der Waals surface area contributed by atoms with Gasteiger partial charge in [-0.1, -0.05) is 39.5 Å². The van der Waals surface area contributed by atoms with Crippen LogP contribution < -0.4 is 0 Å². The summed E-state index contributed by atoms with van der Waals surface area (Å²) in [6.07, 6.45) is 11.5. The third-order valence-corrected chi connectivity index (χ3v) is 5.71. The number of rotatable bonds is 5. The van der Waals surface area contributed by atoms with Crippen molar-refractivity contribution in [3.63, 3.8) is 0 Å². The zero-order chi connectivity index (χ0) is 13.7. The molecule has 0 radical (unpaired) electrons. The van der Waals surface area contributed by atoms with Crippen molar-refractivity contribution in [3.05, 3.63) is 0 Å². The first-order chi connectivity index (χ1) is 9.16. The molecule has 2 unspecified atom stereocenters. The molecule has 2 aliphatic rings. The van der Waals surface area contributed by atoms with Crippen LogP contribution >= 0.6 is 0 Å². The SMILES string of the molecule is CCC(O)(C(C)CN1CCCCC1)C1CCCCC1. The second-order valence-corrected chi connectivity index (χ2v) is 6.94. The van der Waals surface area contributed by atoms with Crippen LogP contribution in [0.3, 0.4) is 0 Å². The molecule has 1 saturated carbocycles. The number of hydrogen-bond donors (Lipinski definition) is 1. The molecular formula is C17H33NO. The van der Waals surface area contributed by atoms with Crippen molar-refractivity contribution in [2.24, 2.45) is 11.8 Å². The predicted octanol–water partition coefficient (Wildman–Crippen LogP) is 3.83. The quantitative estimate of drug-likeness (QED) is 0.818. The van der Waals surface area contributed by atoms with Gasteiger partial charge in [0.15, 0.2) is 0 Å². The largest absolute Gasteiger partial charge is 0.389 e. The van der Waals surface area contributed by atoms with Gasteiger partial charge in [0.1, 0.15) is 0 Å². The topological polar surface area (TPSA) is 23.5 Å². The summed E-state index contributed by atoms with van der Waals surface area (Å²) in [6, 6.07) is 0. The van der Waals surface area contributed by atoms with E-state index in [9.17, 15) is 5.11 Å². The summed E-state index contributed by atoms with van der Waals surface area (Å²) >= 11 is 0. The molecule has 2 atom stereocenters. The average Bonchev–Trinajstić information content (AvgIpc) is 2.48. The summed E-state index contributed by atoms with van der Waals surface area (Å²) in [5.41, 5.74) is -0.419. The van der Waals surface area contributed by atoms with Gasteiger partial charge in [0.05, 0.1) is 5.60 Å². The minimum Gasteiger partial charge on any atom is -0.389 e. The molecule has 1 N–H and O–H groups in total. The van der Waals surface area contributed by atoms with Crippen LogP contribution in [0, 0.1) is 11.8 Å². The van der Waals surface area contributed by atoms with Crippen LogP contribution in [0.2, 0.25) is 0 Å². The molecule has 2 heteroatoms. The van der Waals surface area contributed by atoms with Gasteiger partial charge in [-0.2, -0.15) is 0 Å². The van der Waals surface area contributed by atoms with Gasteiger partial charge >= 0.3 is 0 Å². The van der Waals surface area contributed by atoms with Gasteiger partial charge in [0.25, 0.3) is 0 Å². The number of hydrogen-bond acceptors (Lipinski definition) is 2. The van der Waals surface area contributed by atoms with Crippen molar-refractivity contribution in [1.82, 2.24) is 4.90 Å². The van der Waals surface area contributed by atoms with Crippen LogP contribution in [0.25, 0.3) is 0 Å². The third-order valence-electron chi connectivity index (χ3n) is 5.71. The highest BCUT2D eigenvalue weighted by Gasteiger charge is 2.40. The van der Waals surface area contributed by atoms with E-state index in [1.807, 2.05) is 0 Å². The molecule has 0 aromatic carbocycles.